The van der Waals surface area contributed by atoms with E-state index in [0.29, 0.717) is 41.2 Å². The molecule has 2 N–H and O–H groups in total. The molecule has 0 radical (unpaired) electrons. The lowest BCUT2D eigenvalue weighted by atomic mass is 9.98. The van der Waals surface area contributed by atoms with Gasteiger partial charge in [-0.1, -0.05) is 18.5 Å². The lowest BCUT2D eigenvalue weighted by Crippen LogP contribution is -2.47. The first kappa shape index (κ1) is 30.3. The van der Waals surface area contributed by atoms with Crippen LogP contribution in [0.25, 0.3) is 11.0 Å². The highest BCUT2D eigenvalue weighted by Crippen LogP contribution is 2.33. The van der Waals surface area contributed by atoms with Gasteiger partial charge in [0.25, 0.3) is 0 Å². The summed E-state index contributed by atoms with van der Waals surface area (Å²) in [7, 11) is 1.58. The van der Waals surface area contributed by atoms with Crippen molar-refractivity contribution in [2.24, 2.45) is 5.92 Å². The fourth-order valence-electron chi connectivity index (χ4n) is 4.50. The highest BCUT2D eigenvalue weighted by Gasteiger charge is 2.30. The van der Waals surface area contributed by atoms with Crippen LogP contribution in [-0.2, 0) is 16.0 Å². The third kappa shape index (κ3) is 8.37. The number of piperidine rings is 1. The zero-order valence-corrected chi connectivity index (χ0v) is 22.6. The van der Waals surface area contributed by atoms with Crippen LogP contribution in [0.2, 0.25) is 0 Å². The molecule has 1 fully saturated rings. The van der Waals surface area contributed by atoms with Gasteiger partial charge in [0.15, 0.2) is 29.1 Å². The molecule has 2 aromatic carbocycles. The summed E-state index contributed by atoms with van der Waals surface area (Å²) >= 11 is 0. The van der Waals surface area contributed by atoms with Crippen LogP contribution in [0.1, 0.15) is 49.2 Å². The van der Waals surface area contributed by atoms with E-state index in [2.05, 4.69) is 17.0 Å². The number of carbonyl (C=O) groups is 3. The molecule has 0 saturated carbocycles. The third-order valence-corrected chi connectivity index (χ3v) is 6.45. The Hall–Kier alpha value is -4.25. The van der Waals surface area contributed by atoms with Gasteiger partial charge in [-0.2, -0.15) is 0 Å². The van der Waals surface area contributed by atoms with Gasteiger partial charge in [-0.15, -0.1) is 0 Å². The number of halogens is 1. The molecule has 1 unspecified atom stereocenters. The lowest BCUT2D eigenvalue weighted by Gasteiger charge is -2.38. The quantitative estimate of drug-likeness (QED) is 0.260. The lowest BCUT2D eigenvalue weighted by molar-refractivity contribution is -0.134. The molecular formula is C29H33FN2O8. The average molecular weight is 557 g/mol. The van der Waals surface area contributed by atoms with Gasteiger partial charge in [-0.25, -0.2) is 14.0 Å². The monoisotopic (exact) mass is 556 g/mol. The van der Waals surface area contributed by atoms with E-state index < -0.39 is 11.9 Å². The SMILES string of the molecule is COc1cc(C(C)=O)ccc1O[C@H](C(C)Cc1noc2cc(F)ccc12)N1CCCCC1.O=C(O)/C=C/C(=O)O. The number of carboxylic acids is 2. The van der Waals surface area contributed by atoms with E-state index in [1.54, 1.807) is 31.4 Å². The first-order valence-electron chi connectivity index (χ1n) is 12.9. The number of ether oxygens (including phenoxy) is 2. The van der Waals surface area contributed by atoms with E-state index in [1.807, 2.05) is 0 Å². The number of methoxy groups -OCH3 is 1. The Morgan fingerprint density at radius 1 is 1.05 bits per heavy atom. The Morgan fingerprint density at radius 2 is 1.73 bits per heavy atom. The number of carbonyl (C=O) groups excluding carboxylic acids is 1. The smallest absolute Gasteiger partial charge is 0.328 e. The number of hydrogen-bond acceptors (Lipinski definition) is 8. The number of aliphatic carboxylic acids is 2. The molecule has 1 aliphatic heterocycles. The summed E-state index contributed by atoms with van der Waals surface area (Å²) in [5, 5.41) is 20.6. The summed E-state index contributed by atoms with van der Waals surface area (Å²) in [6, 6.07) is 9.77. The Kier molecular flexibility index (Phi) is 10.8. The van der Waals surface area contributed by atoms with Crippen molar-refractivity contribution in [2.75, 3.05) is 20.2 Å². The maximum absolute atomic E-state index is 13.5. The van der Waals surface area contributed by atoms with Crippen molar-refractivity contribution in [2.45, 2.75) is 45.8 Å². The molecule has 0 bridgehead atoms. The Labute approximate surface area is 231 Å². The molecule has 4 rings (SSSR count). The van der Waals surface area contributed by atoms with Gasteiger partial charge in [-0.3, -0.25) is 9.69 Å². The maximum Gasteiger partial charge on any atom is 0.328 e. The van der Waals surface area contributed by atoms with Gasteiger partial charge in [0.1, 0.15) is 5.82 Å². The summed E-state index contributed by atoms with van der Waals surface area (Å²) in [4.78, 5) is 33.2. The molecule has 0 aliphatic carbocycles. The van der Waals surface area contributed by atoms with Crippen LogP contribution in [0.15, 0.2) is 53.1 Å². The predicted molar refractivity (Wildman–Crippen MR) is 144 cm³/mol. The highest BCUT2D eigenvalue weighted by atomic mass is 19.1. The van der Waals surface area contributed by atoms with Crippen LogP contribution in [-0.4, -0.2) is 64.4 Å². The zero-order chi connectivity index (χ0) is 29.2. The first-order chi connectivity index (χ1) is 19.1. The molecule has 2 atom stereocenters. The normalized spacial score (nSPS) is 15.2. The second-order valence-electron chi connectivity index (χ2n) is 9.49. The van der Waals surface area contributed by atoms with Crippen LogP contribution in [0.4, 0.5) is 4.39 Å². The fourth-order valence-corrected chi connectivity index (χ4v) is 4.50. The topological polar surface area (TPSA) is 139 Å². The maximum atomic E-state index is 13.5. The molecule has 1 saturated heterocycles. The van der Waals surface area contributed by atoms with Gasteiger partial charge in [0, 0.05) is 54.6 Å². The van der Waals surface area contributed by atoms with Gasteiger partial charge < -0.3 is 24.2 Å². The van der Waals surface area contributed by atoms with E-state index in [1.165, 1.54) is 25.5 Å². The molecule has 1 aliphatic rings. The minimum absolute atomic E-state index is 0.0230. The summed E-state index contributed by atoms with van der Waals surface area (Å²) in [6.45, 7) is 5.56. The Morgan fingerprint density at radius 3 is 2.33 bits per heavy atom. The van der Waals surface area contributed by atoms with Crippen LogP contribution in [0, 0.1) is 11.7 Å². The molecule has 11 heteroatoms. The van der Waals surface area contributed by atoms with Gasteiger partial charge >= 0.3 is 11.9 Å². The van der Waals surface area contributed by atoms with E-state index in [4.69, 9.17) is 24.2 Å². The molecule has 3 aromatic rings. The molecule has 214 valence electrons. The number of nitrogens with zero attached hydrogens (tertiary/aromatic N) is 2. The molecule has 2 heterocycles. The summed E-state index contributed by atoms with van der Waals surface area (Å²) in [5.41, 5.74) is 1.82. The number of fused-ring (bicyclic) bond motifs is 1. The first-order valence-corrected chi connectivity index (χ1v) is 12.9. The average Bonchev–Trinajstić information content (AvgIpc) is 3.32. The third-order valence-electron chi connectivity index (χ3n) is 6.45. The standard InChI is InChI=1S/C25H29FN2O4.C4H4O4/c1-16(13-21-20-9-8-19(26)15-23(20)32-27-21)25(28-11-5-4-6-12-28)31-22-10-7-18(17(2)29)14-24(22)30-3;5-3(6)1-2-4(7)8/h7-10,14-16,25H,4-6,11-13H2,1-3H3;1-2H,(H,5,6)(H,7,8)/b;2-1+/t16?,25-;/m1./s1. The van der Waals surface area contributed by atoms with Crippen molar-refractivity contribution in [1.29, 1.82) is 0 Å². The van der Waals surface area contributed by atoms with Gasteiger partial charge in [-0.05, 0) is 50.1 Å². The van der Waals surface area contributed by atoms with Crippen molar-refractivity contribution < 1.29 is 43.0 Å². The zero-order valence-electron chi connectivity index (χ0n) is 22.6. The van der Waals surface area contributed by atoms with Crippen molar-refractivity contribution in [3.05, 3.63) is 65.6 Å². The van der Waals surface area contributed by atoms with Crippen LogP contribution >= 0.6 is 0 Å². The highest BCUT2D eigenvalue weighted by molar-refractivity contribution is 5.94. The predicted octanol–water partition coefficient (Wildman–Crippen LogP) is 4.96. The molecule has 0 amide bonds. The summed E-state index contributed by atoms with van der Waals surface area (Å²) < 4.78 is 30.9. The summed E-state index contributed by atoms with van der Waals surface area (Å²) in [6.07, 6.45) is 4.99. The summed E-state index contributed by atoms with van der Waals surface area (Å²) in [5.74, 6) is -1.67. The van der Waals surface area contributed by atoms with Crippen molar-refractivity contribution in [3.63, 3.8) is 0 Å². The minimum atomic E-state index is -1.26. The Bertz CT molecular complexity index is 1350. The molecular weight excluding hydrogens is 523 g/mol. The van der Waals surface area contributed by atoms with E-state index in [-0.39, 0.29) is 23.7 Å². The van der Waals surface area contributed by atoms with Gasteiger partial charge in [0.05, 0.1) is 12.8 Å². The van der Waals surface area contributed by atoms with Crippen molar-refractivity contribution >= 4 is 28.7 Å². The van der Waals surface area contributed by atoms with Crippen LogP contribution in [0.5, 0.6) is 11.5 Å². The number of aromatic nitrogens is 1. The Balaban J connectivity index is 0.000000482. The van der Waals surface area contributed by atoms with Crippen molar-refractivity contribution in [3.8, 4) is 11.5 Å². The minimum Gasteiger partial charge on any atom is -0.493 e. The van der Waals surface area contributed by atoms with E-state index in [0.717, 1.165) is 37.0 Å². The second kappa shape index (κ2) is 14.2. The largest absolute Gasteiger partial charge is 0.493 e. The molecule has 10 nitrogen and oxygen atoms in total. The number of likely N-dealkylation sites (tertiary alicyclic amines) is 1. The number of rotatable bonds is 10. The van der Waals surface area contributed by atoms with E-state index in [9.17, 15) is 18.8 Å². The molecule has 1 aromatic heterocycles. The number of Topliss-reactive ketones (excluding diaryl/α,β-unsaturated/α-hetero) is 1. The molecule has 0 spiro atoms. The second-order valence-corrected chi connectivity index (χ2v) is 9.49. The van der Waals surface area contributed by atoms with Crippen LogP contribution < -0.4 is 9.47 Å². The number of ketones is 1. The van der Waals surface area contributed by atoms with Gasteiger partial charge in [0.2, 0.25) is 0 Å². The van der Waals surface area contributed by atoms with Crippen molar-refractivity contribution in [1.82, 2.24) is 10.1 Å². The number of hydrogen-bond donors (Lipinski definition) is 2. The fraction of sp³-hybridized carbons (Fsp3) is 0.379. The molecule has 40 heavy (non-hydrogen) atoms. The number of carboxylic acid groups (broad SMARTS) is 2. The van der Waals surface area contributed by atoms with Crippen LogP contribution in [0.3, 0.4) is 0 Å². The number of benzene rings is 2. The van der Waals surface area contributed by atoms with E-state index >= 15 is 0 Å².